The summed E-state index contributed by atoms with van der Waals surface area (Å²) in [6.45, 7) is 0.853. The van der Waals surface area contributed by atoms with Crippen molar-refractivity contribution in [2.75, 3.05) is 13.2 Å². The lowest BCUT2D eigenvalue weighted by Crippen LogP contribution is -2.36. The summed E-state index contributed by atoms with van der Waals surface area (Å²) >= 11 is 0. The first-order valence-corrected chi connectivity index (χ1v) is 6.96. The van der Waals surface area contributed by atoms with Crippen LogP contribution in [-0.4, -0.2) is 36.2 Å². The Balaban J connectivity index is 1.74. The molecule has 0 aromatic rings. The zero-order chi connectivity index (χ0) is 13.7. The van der Waals surface area contributed by atoms with Crippen molar-refractivity contribution in [1.82, 2.24) is 5.32 Å². The van der Waals surface area contributed by atoms with E-state index >= 15 is 0 Å². The first kappa shape index (κ1) is 14.1. The van der Waals surface area contributed by atoms with E-state index in [1.54, 1.807) is 0 Å². The average Bonchev–Trinajstić information content (AvgIpc) is 2.86. The second-order valence-electron chi connectivity index (χ2n) is 5.27. The Labute approximate surface area is 113 Å². The molecule has 0 radical (unpaired) electrons. The van der Waals surface area contributed by atoms with Crippen LogP contribution in [0.4, 0.5) is 0 Å². The van der Waals surface area contributed by atoms with Gasteiger partial charge in [0.1, 0.15) is 0 Å². The van der Waals surface area contributed by atoms with Gasteiger partial charge in [-0.3, -0.25) is 4.79 Å². The molecule has 2 rings (SSSR count). The van der Waals surface area contributed by atoms with E-state index in [0.29, 0.717) is 26.0 Å². The molecular formula is C14H21NO4. The van der Waals surface area contributed by atoms with Crippen LogP contribution in [-0.2, 0) is 14.3 Å². The predicted molar refractivity (Wildman–Crippen MR) is 69.7 cm³/mol. The second kappa shape index (κ2) is 6.70. The van der Waals surface area contributed by atoms with Gasteiger partial charge in [-0.2, -0.15) is 0 Å². The average molecular weight is 267 g/mol. The summed E-state index contributed by atoms with van der Waals surface area (Å²) in [6, 6.07) is 0. The lowest BCUT2D eigenvalue weighted by molar-refractivity contribution is -0.149. The molecule has 2 atom stereocenters. The lowest BCUT2D eigenvalue weighted by atomic mass is 9.96. The molecule has 1 fully saturated rings. The van der Waals surface area contributed by atoms with Gasteiger partial charge in [-0.05, 0) is 32.1 Å². The summed E-state index contributed by atoms with van der Waals surface area (Å²) < 4.78 is 5.15. The molecule has 5 nitrogen and oxygen atoms in total. The maximum absolute atomic E-state index is 11.8. The van der Waals surface area contributed by atoms with E-state index in [1.807, 2.05) is 0 Å². The molecule has 0 bridgehead atoms. The van der Waals surface area contributed by atoms with Gasteiger partial charge in [-0.15, -0.1) is 0 Å². The molecule has 2 aliphatic rings. The lowest BCUT2D eigenvalue weighted by Gasteiger charge is -2.16. The molecule has 1 saturated heterocycles. The Hall–Kier alpha value is -1.36. The highest BCUT2D eigenvalue weighted by atomic mass is 16.5. The quantitative estimate of drug-likeness (QED) is 0.740. The number of hydrogen-bond acceptors (Lipinski definition) is 3. The van der Waals surface area contributed by atoms with E-state index in [0.717, 1.165) is 19.3 Å². The molecule has 1 heterocycles. The number of carboxylic acids is 1. The molecule has 0 aromatic carbocycles. The number of amides is 1. The minimum absolute atomic E-state index is 0.0100. The first-order valence-electron chi connectivity index (χ1n) is 6.96. The molecule has 0 spiro atoms. The fourth-order valence-electron chi connectivity index (χ4n) is 2.69. The number of carbonyl (C=O) groups excluding carboxylic acids is 1. The Morgan fingerprint density at radius 1 is 1.42 bits per heavy atom. The number of hydrogen-bond donors (Lipinski definition) is 2. The summed E-state index contributed by atoms with van der Waals surface area (Å²) in [5.41, 5.74) is 1.21. The van der Waals surface area contributed by atoms with Crippen molar-refractivity contribution in [3.8, 4) is 0 Å². The van der Waals surface area contributed by atoms with E-state index in [-0.39, 0.29) is 11.8 Å². The molecule has 19 heavy (non-hydrogen) atoms. The van der Waals surface area contributed by atoms with Crippen molar-refractivity contribution < 1.29 is 19.4 Å². The minimum atomic E-state index is -0.938. The zero-order valence-electron chi connectivity index (χ0n) is 11.1. The molecular weight excluding hydrogens is 246 g/mol. The van der Waals surface area contributed by atoms with E-state index in [4.69, 9.17) is 9.84 Å². The van der Waals surface area contributed by atoms with Crippen molar-refractivity contribution in [3.05, 3.63) is 11.6 Å². The van der Waals surface area contributed by atoms with Crippen molar-refractivity contribution in [2.24, 2.45) is 5.92 Å². The number of allylic oxidation sites excluding steroid dienone is 1. The standard InChI is InChI=1S/C14H21NO4/c16-12(8-10-4-2-1-3-5-10)15-9-11-6-7-19-13(11)14(17)18/h4,11,13H,1-3,5-9H2,(H,15,16)(H,17,18)/t11-,13-/m1/s1. The van der Waals surface area contributed by atoms with Crippen LogP contribution in [0.25, 0.3) is 0 Å². The molecule has 0 aromatic heterocycles. The van der Waals surface area contributed by atoms with Gasteiger partial charge in [0, 0.05) is 25.5 Å². The van der Waals surface area contributed by atoms with E-state index in [9.17, 15) is 9.59 Å². The summed E-state index contributed by atoms with van der Waals surface area (Å²) in [5, 5.41) is 11.8. The van der Waals surface area contributed by atoms with Gasteiger partial charge in [0.15, 0.2) is 6.10 Å². The molecule has 1 aliphatic carbocycles. The molecule has 5 heteroatoms. The van der Waals surface area contributed by atoms with Crippen molar-refractivity contribution >= 4 is 11.9 Å². The normalized spacial score (nSPS) is 26.8. The van der Waals surface area contributed by atoms with Crippen LogP contribution in [0.5, 0.6) is 0 Å². The highest BCUT2D eigenvalue weighted by Gasteiger charge is 2.34. The number of carboxylic acid groups (broad SMARTS) is 1. The van der Waals surface area contributed by atoms with Gasteiger partial charge in [0.05, 0.1) is 0 Å². The molecule has 1 amide bonds. The maximum Gasteiger partial charge on any atom is 0.333 e. The SMILES string of the molecule is O=C(CC1=CCCCC1)NC[C@H]1CCO[C@H]1C(=O)O. The maximum atomic E-state index is 11.8. The van der Waals surface area contributed by atoms with Crippen molar-refractivity contribution in [2.45, 2.75) is 44.6 Å². The molecule has 1 aliphatic heterocycles. The van der Waals surface area contributed by atoms with Crippen molar-refractivity contribution in [1.29, 1.82) is 0 Å². The Morgan fingerprint density at radius 2 is 2.26 bits per heavy atom. The van der Waals surface area contributed by atoms with Crippen LogP contribution < -0.4 is 5.32 Å². The topological polar surface area (TPSA) is 75.6 Å². The Bertz CT molecular complexity index is 378. The summed E-state index contributed by atoms with van der Waals surface area (Å²) in [6.07, 6.45) is 6.99. The first-order chi connectivity index (χ1) is 9.16. The Morgan fingerprint density at radius 3 is 2.95 bits per heavy atom. The number of ether oxygens (including phenoxy) is 1. The van der Waals surface area contributed by atoms with Crippen LogP contribution in [0.3, 0.4) is 0 Å². The van der Waals surface area contributed by atoms with E-state index in [1.165, 1.54) is 12.0 Å². The molecule has 0 saturated carbocycles. The smallest absolute Gasteiger partial charge is 0.333 e. The molecule has 0 unspecified atom stereocenters. The summed E-state index contributed by atoms with van der Waals surface area (Å²) in [5.74, 6) is -1.06. The third kappa shape index (κ3) is 4.06. The largest absolute Gasteiger partial charge is 0.479 e. The number of nitrogens with one attached hydrogen (secondary N) is 1. The van der Waals surface area contributed by atoms with E-state index < -0.39 is 12.1 Å². The number of carbonyl (C=O) groups is 2. The highest BCUT2D eigenvalue weighted by molar-refractivity contribution is 5.78. The third-order valence-corrected chi connectivity index (χ3v) is 3.79. The van der Waals surface area contributed by atoms with E-state index in [2.05, 4.69) is 11.4 Å². The van der Waals surface area contributed by atoms with Crippen LogP contribution in [0.15, 0.2) is 11.6 Å². The molecule has 2 N–H and O–H groups in total. The van der Waals surface area contributed by atoms with Gasteiger partial charge >= 0.3 is 5.97 Å². The fourth-order valence-corrected chi connectivity index (χ4v) is 2.69. The fraction of sp³-hybridized carbons (Fsp3) is 0.714. The second-order valence-corrected chi connectivity index (χ2v) is 5.27. The van der Waals surface area contributed by atoms with Crippen LogP contribution in [0, 0.1) is 5.92 Å². The van der Waals surface area contributed by atoms with Crippen LogP contribution >= 0.6 is 0 Å². The highest BCUT2D eigenvalue weighted by Crippen LogP contribution is 2.22. The number of rotatable bonds is 5. The third-order valence-electron chi connectivity index (χ3n) is 3.79. The van der Waals surface area contributed by atoms with Crippen molar-refractivity contribution in [3.63, 3.8) is 0 Å². The Kier molecular flexibility index (Phi) is 4.96. The minimum Gasteiger partial charge on any atom is -0.479 e. The van der Waals surface area contributed by atoms with Gasteiger partial charge in [-0.1, -0.05) is 11.6 Å². The number of aliphatic carboxylic acids is 1. The van der Waals surface area contributed by atoms with Gasteiger partial charge < -0.3 is 15.2 Å². The van der Waals surface area contributed by atoms with Gasteiger partial charge in [0.25, 0.3) is 0 Å². The monoisotopic (exact) mass is 267 g/mol. The van der Waals surface area contributed by atoms with Gasteiger partial charge in [-0.25, -0.2) is 4.79 Å². The predicted octanol–water partition coefficient (Wildman–Crippen LogP) is 1.48. The zero-order valence-corrected chi connectivity index (χ0v) is 11.1. The van der Waals surface area contributed by atoms with Crippen LogP contribution in [0.1, 0.15) is 38.5 Å². The van der Waals surface area contributed by atoms with Gasteiger partial charge in [0.2, 0.25) is 5.91 Å². The molecule has 106 valence electrons. The summed E-state index contributed by atoms with van der Waals surface area (Å²) in [7, 11) is 0. The van der Waals surface area contributed by atoms with Crippen LogP contribution in [0.2, 0.25) is 0 Å². The summed E-state index contributed by atoms with van der Waals surface area (Å²) in [4.78, 5) is 22.7.